The molecule has 0 saturated heterocycles. The van der Waals surface area contributed by atoms with E-state index in [4.69, 9.17) is 10.5 Å². The number of fused-ring (bicyclic) bond motifs is 2. The molecule has 4 aliphatic carbocycles. The van der Waals surface area contributed by atoms with Crippen molar-refractivity contribution < 1.29 is 9.53 Å². The molecule has 1 heterocycles. The molecule has 152 valence electrons. The highest BCUT2D eigenvalue weighted by atomic mass is 16.5. The van der Waals surface area contributed by atoms with Gasteiger partial charge in [0.05, 0.1) is 17.8 Å². The normalized spacial score (nSPS) is 34.4. The van der Waals surface area contributed by atoms with Crippen molar-refractivity contribution in [3.05, 3.63) is 11.8 Å². The van der Waals surface area contributed by atoms with Gasteiger partial charge in [0.1, 0.15) is 5.82 Å². The third-order valence-corrected chi connectivity index (χ3v) is 7.10. The van der Waals surface area contributed by atoms with Crippen molar-refractivity contribution in [2.24, 2.45) is 11.7 Å². The van der Waals surface area contributed by atoms with Gasteiger partial charge < -0.3 is 21.1 Å². The van der Waals surface area contributed by atoms with Crippen molar-refractivity contribution in [1.29, 1.82) is 0 Å². The van der Waals surface area contributed by atoms with E-state index in [1.54, 1.807) is 6.20 Å². The van der Waals surface area contributed by atoms with Crippen LogP contribution in [0.15, 0.2) is 6.20 Å². The second kappa shape index (κ2) is 7.17. The van der Waals surface area contributed by atoms with Crippen molar-refractivity contribution in [1.82, 2.24) is 9.97 Å². The smallest absolute Gasteiger partial charge is 0.254 e. The van der Waals surface area contributed by atoms with E-state index in [2.05, 4.69) is 20.6 Å². The lowest BCUT2D eigenvalue weighted by molar-refractivity contribution is 0.0146. The molecule has 1 amide bonds. The van der Waals surface area contributed by atoms with Crippen LogP contribution in [0.3, 0.4) is 0 Å². The highest BCUT2D eigenvalue weighted by Gasteiger charge is 2.45. The lowest BCUT2D eigenvalue weighted by Crippen LogP contribution is -2.35. The fraction of sp³-hybridized carbons (Fsp3) is 0.762. The Morgan fingerprint density at radius 3 is 2.32 bits per heavy atom. The second-order valence-corrected chi connectivity index (χ2v) is 9.33. The van der Waals surface area contributed by atoms with Crippen LogP contribution < -0.4 is 16.4 Å². The summed E-state index contributed by atoms with van der Waals surface area (Å²) in [6, 6.07) is 0.354. The fourth-order valence-electron chi connectivity index (χ4n) is 5.35. The van der Waals surface area contributed by atoms with Crippen LogP contribution >= 0.6 is 0 Å². The number of aromatic nitrogens is 2. The van der Waals surface area contributed by atoms with E-state index in [9.17, 15) is 4.79 Å². The zero-order valence-corrected chi connectivity index (χ0v) is 16.5. The Morgan fingerprint density at radius 2 is 1.75 bits per heavy atom. The van der Waals surface area contributed by atoms with Crippen LogP contribution in [0.5, 0.6) is 0 Å². The summed E-state index contributed by atoms with van der Waals surface area (Å²) < 4.78 is 6.04. The van der Waals surface area contributed by atoms with Crippen LogP contribution in [0.4, 0.5) is 11.8 Å². The quantitative estimate of drug-likeness (QED) is 0.666. The molecule has 5 rings (SSSR count). The van der Waals surface area contributed by atoms with E-state index in [0.717, 1.165) is 44.4 Å². The average Bonchev–Trinajstić information content (AvgIpc) is 3.28. The lowest BCUT2D eigenvalue weighted by atomic mass is 9.93. The number of hydrogen-bond acceptors (Lipinski definition) is 6. The maximum absolute atomic E-state index is 11.9. The van der Waals surface area contributed by atoms with Gasteiger partial charge in [-0.15, -0.1) is 0 Å². The van der Waals surface area contributed by atoms with Crippen LogP contribution in [-0.4, -0.2) is 39.7 Å². The first kappa shape index (κ1) is 18.2. The van der Waals surface area contributed by atoms with Gasteiger partial charge in [0.15, 0.2) is 0 Å². The molecule has 7 nitrogen and oxygen atoms in total. The molecule has 0 spiro atoms. The number of nitrogens with one attached hydrogen (secondary N) is 2. The second-order valence-electron chi connectivity index (χ2n) is 9.33. The summed E-state index contributed by atoms with van der Waals surface area (Å²) in [5.41, 5.74) is 6.05. The number of anilines is 2. The summed E-state index contributed by atoms with van der Waals surface area (Å²) in [4.78, 5) is 20.9. The zero-order valence-electron chi connectivity index (χ0n) is 16.5. The third kappa shape index (κ3) is 3.81. The van der Waals surface area contributed by atoms with Gasteiger partial charge in [0.2, 0.25) is 5.95 Å². The predicted octanol–water partition coefficient (Wildman–Crippen LogP) is 3.22. The lowest BCUT2D eigenvalue weighted by Gasteiger charge is -2.31. The van der Waals surface area contributed by atoms with Crippen LogP contribution in [0.2, 0.25) is 0 Å². The molecular weight excluding hydrogens is 354 g/mol. The van der Waals surface area contributed by atoms with E-state index in [1.165, 1.54) is 32.1 Å². The molecule has 28 heavy (non-hydrogen) atoms. The number of carbonyl (C=O) groups is 1. The van der Waals surface area contributed by atoms with Crippen molar-refractivity contribution >= 4 is 17.7 Å². The minimum atomic E-state index is -0.476. The first-order valence-corrected chi connectivity index (χ1v) is 11.0. The summed E-state index contributed by atoms with van der Waals surface area (Å²) in [5, 5.41) is 7.07. The summed E-state index contributed by atoms with van der Waals surface area (Å²) in [6.07, 6.45) is 15.3. The van der Waals surface area contributed by atoms with E-state index < -0.39 is 5.91 Å². The fourth-order valence-corrected chi connectivity index (χ4v) is 5.35. The molecule has 1 aromatic heterocycles. The number of nitrogens with two attached hydrogens (primary N) is 1. The highest BCUT2D eigenvalue weighted by molar-refractivity contribution is 5.97. The van der Waals surface area contributed by atoms with E-state index in [0.29, 0.717) is 35.6 Å². The van der Waals surface area contributed by atoms with Gasteiger partial charge in [-0.2, -0.15) is 4.98 Å². The molecule has 2 bridgehead atoms. The molecule has 0 atom stereocenters. The molecule has 0 aromatic carbocycles. The Bertz CT molecular complexity index is 734. The van der Waals surface area contributed by atoms with Gasteiger partial charge in [0.25, 0.3) is 5.91 Å². The Morgan fingerprint density at radius 1 is 1.07 bits per heavy atom. The summed E-state index contributed by atoms with van der Waals surface area (Å²) in [5.74, 6) is 1.52. The van der Waals surface area contributed by atoms with Gasteiger partial charge in [-0.1, -0.05) is 0 Å². The minimum Gasteiger partial charge on any atom is -0.375 e. The Balaban J connectivity index is 1.25. The van der Waals surface area contributed by atoms with Gasteiger partial charge in [-0.05, 0) is 76.5 Å². The van der Waals surface area contributed by atoms with Gasteiger partial charge in [0, 0.05) is 17.8 Å². The maximum Gasteiger partial charge on any atom is 0.254 e. The summed E-state index contributed by atoms with van der Waals surface area (Å²) in [7, 11) is 0. The Kier molecular flexibility index (Phi) is 4.65. The number of hydrogen-bond donors (Lipinski definition) is 3. The SMILES string of the molecule is NC(=O)c1cnc(N[C@H]2CC[C@H](OC3CC3)CC2)nc1NC12CCC(CC1)C2. The number of carbonyl (C=O) groups excluding carboxylic acids is 1. The molecular formula is C21H31N5O2. The highest BCUT2D eigenvalue weighted by Crippen LogP contribution is 2.49. The maximum atomic E-state index is 11.9. The molecule has 4 saturated carbocycles. The summed E-state index contributed by atoms with van der Waals surface area (Å²) in [6.45, 7) is 0. The molecule has 0 unspecified atom stereocenters. The van der Waals surface area contributed by atoms with Crippen molar-refractivity contribution in [2.45, 2.75) is 94.4 Å². The van der Waals surface area contributed by atoms with Gasteiger partial charge >= 0.3 is 0 Å². The standard InChI is InChI=1S/C21H31N5O2/c22-18(27)17-12-23-20(24-14-1-3-15(4-2-14)28-16-5-6-16)25-19(17)26-21-9-7-13(11-21)8-10-21/h12-16H,1-11H2,(H2,22,27)(H2,23,24,25,26)/t13?,14-,15-,21?. The topological polar surface area (TPSA) is 102 Å². The third-order valence-electron chi connectivity index (χ3n) is 7.10. The minimum absolute atomic E-state index is 0.0820. The zero-order chi connectivity index (χ0) is 19.1. The average molecular weight is 386 g/mol. The first-order valence-electron chi connectivity index (χ1n) is 11.0. The number of amides is 1. The van der Waals surface area contributed by atoms with Crippen LogP contribution in [0, 0.1) is 5.92 Å². The van der Waals surface area contributed by atoms with Crippen LogP contribution in [0.1, 0.15) is 81.0 Å². The van der Waals surface area contributed by atoms with Crippen molar-refractivity contribution in [2.75, 3.05) is 10.6 Å². The number of rotatable bonds is 7. The Hall–Kier alpha value is -1.89. The van der Waals surface area contributed by atoms with Crippen LogP contribution in [0.25, 0.3) is 0 Å². The first-order chi connectivity index (χ1) is 13.6. The largest absolute Gasteiger partial charge is 0.375 e. The van der Waals surface area contributed by atoms with Crippen molar-refractivity contribution in [3.63, 3.8) is 0 Å². The van der Waals surface area contributed by atoms with E-state index in [-0.39, 0.29) is 5.54 Å². The van der Waals surface area contributed by atoms with Gasteiger partial charge in [-0.25, -0.2) is 4.98 Å². The van der Waals surface area contributed by atoms with E-state index in [1.807, 2.05) is 0 Å². The molecule has 1 aromatic rings. The summed E-state index contributed by atoms with van der Waals surface area (Å²) >= 11 is 0. The molecule has 0 aliphatic heterocycles. The monoisotopic (exact) mass is 385 g/mol. The van der Waals surface area contributed by atoms with Crippen molar-refractivity contribution in [3.8, 4) is 0 Å². The van der Waals surface area contributed by atoms with Crippen LogP contribution in [-0.2, 0) is 4.74 Å². The number of primary amides is 1. The molecule has 0 radical (unpaired) electrons. The van der Waals surface area contributed by atoms with Gasteiger partial charge in [-0.3, -0.25) is 4.79 Å². The number of nitrogens with zero attached hydrogens (tertiary/aromatic N) is 2. The number of ether oxygens (including phenoxy) is 1. The molecule has 7 heteroatoms. The predicted molar refractivity (Wildman–Crippen MR) is 107 cm³/mol. The molecule has 4 N–H and O–H groups in total. The molecule has 4 aliphatic rings. The van der Waals surface area contributed by atoms with E-state index >= 15 is 0 Å². The molecule has 4 fully saturated rings. The Labute approximate surface area is 166 Å².